The molecule has 0 saturated carbocycles. The van der Waals surface area contributed by atoms with E-state index >= 15 is 0 Å². The van der Waals surface area contributed by atoms with Gasteiger partial charge in [0.2, 0.25) is 0 Å². The molecule has 0 aromatic rings. The van der Waals surface area contributed by atoms with Gasteiger partial charge in [-0.3, -0.25) is 0 Å². The summed E-state index contributed by atoms with van der Waals surface area (Å²) in [5, 5.41) is 36.1. The Bertz CT molecular complexity index is 565. The molecule has 0 amide bonds. The van der Waals surface area contributed by atoms with Crippen LogP contribution < -0.4 is 0 Å². The van der Waals surface area contributed by atoms with E-state index in [0.717, 1.165) is 38.2 Å². The fourth-order valence-corrected chi connectivity index (χ4v) is 1.92. The third-order valence-corrected chi connectivity index (χ3v) is 3.52. The highest BCUT2D eigenvalue weighted by molar-refractivity contribution is 5.76. The molecule has 1 unspecified atom stereocenters. The molecule has 0 saturated heterocycles. The van der Waals surface area contributed by atoms with Crippen LogP contribution in [0.4, 0.5) is 0 Å². The molecular formula is C22H32O5. The molecule has 5 heteroatoms. The number of carbonyl (C=O) groups is 1. The first kappa shape index (κ1) is 24.8. The van der Waals surface area contributed by atoms with Gasteiger partial charge in [-0.2, -0.15) is 0 Å². The SMILES string of the molecule is CC/C=C\CC/C=C/C=C\C=C\C=C\CCC/C=C\C(O)C(O)(O)C(=O)O. The summed E-state index contributed by atoms with van der Waals surface area (Å²) in [6, 6.07) is 0. The molecular weight excluding hydrogens is 344 g/mol. The summed E-state index contributed by atoms with van der Waals surface area (Å²) in [6.45, 7) is 2.13. The second kappa shape index (κ2) is 16.0. The van der Waals surface area contributed by atoms with E-state index in [1.165, 1.54) is 6.08 Å². The Hall–Kier alpha value is -2.21. The first-order valence-electron chi connectivity index (χ1n) is 9.25. The molecule has 0 spiro atoms. The molecule has 5 nitrogen and oxygen atoms in total. The van der Waals surface area contributed by atoms with Crippen LogP contribution in [0, 0.1) is 0 Å². The zero-order valence-corrected chi connectivity index (χ0v) is 15.9. The molecule has 0 bridgehead atoms. The predicted octanol–water partition coefficient (Wildman–Crippen LogP) is 3.81. The smallest absolute Gasteiger partial charge is 0.367 e. The highest BCUT2D eigenvalue weighted by Gasteiger charge is 2.40. The van der Waals surface area contributed by atoms with Crippen molar-refractivity contribution in [3.05, 3.63) is 72.9 Å². The quantitative estimate of drug-likeness (QED) is 0.160. The fourth-order valence-electron chi connectivity index (χ4n) is 1.92. The molecule has 0 aliphatic carbocycles. The van der Waals surface area contributed by atoms with Crippen molar-refractivity contribution in [2.75, 3.05) is 0 Å². The molecule has 0 aliphatic rings. The summed E-state index contributed by atoms with van der Waals surface area (Å²) in [5.74, 6) is -5.04. The average molecular weight is 376 g/mol. The number of aliphatic hydroxyl groups excluding tert-OH is 1. The maximum Gasteiger partial charge on any atom is 0.367 e. The monoisotopic (exact) mass is 376 g/mol. The van der Waals surface area contributed by atoms with E-state index < -0.39 is 17.9 Å². The van der Waals surface area contributed by atoms with Crippen molar-refractivity contribution >= 4 is 5.97 Å². The van der Waals surface area contributed by atoms with Crippen molar-refractivity contribution in [1.29, 1.82) is 0 Å². The zero-order chi connectivity index (χ0) is 20.4. The lowest BCUT2D eigenvalue weighted by molar-refractivity contribution is -0.227. The third-order valence-electron chi connectivity index (χ3n) is 3.52. The fraction of sp³-hybridized carbons (Fsp3) is 0.409. The molecule has 0 aromatic carbocycles. The number of aliphatic carboxylic acids is 1. The number of unbranched alkanes of at least 4 members (excludes halogenated alkanes) is 3. The van der Waals surface area contributed by atoms with Gasteiger partial charge < -0.3 is 20.4 Å². The van der Waals surface area contributed by atoms with Crippen LogP contribution in [-0.4, -0.2) is 38.3 Å². The molecule has 0 aromatic heterocycles. The number of hydrogen-bond acceptors (Lipinski definition) is 4. The van der Waals surface area contributed by atoms with E-state index in [1.807, 2.05) is 42.5 Å². The van der Waals surface area contributed by atoms with E-state index in [2.05, 4.69) is 25.2 Å². The van der Waals surface area contributed by atoms with Crippen LogP contribution in [0.2, 0.25) is 0 Å². The Kier molecular flexibility index (Phi) is 14.7. The molecule has 0 rings (SSSR count). The van der Waals surface area contributed by atoms with Gasteiger partial charge in [0.25, 0.3) is 5.79 Å². The highest BCUT2D eigenvalue weighted by atomic mass is 16.6. The van der Waals surface area contributed by atoms with Crippen LogP contribution in [0.15, 0.2) is 72.9 Å². The van der Waals surface area contributed by atoms with Crippen molar-refractivity contribution in [3.63, 3.8) is 0 Å². The highest BCUT2D eigenvalue weighted by Crippen LogP contribution is 2.09. The summed E-state index contributed by atoms with van der Waals surface area (Å²) < 4.78 is 0. The Morgan fingerprint density at radius 3 is 1.93 bits per heavy atom. The minimum absolute atomic E-state index is 0.596. The van der Waals surface area contributed by atoms with Crippen LogP contribution >= 0.6 is 0 Å². The van der Waals surface area contributed by atoms with Crippen LogP contribution in [-0.2, 0) is 4.79 Å². The van der Waals surface area contributed by atoms with Crippen molar-refractivity contribution in [2.24, 2.45) is 0 Å². The largest absolute Gasteiger partial charge is 0.477 e. The van der Waals surface area contributed by atoms with Crippen molar-refractivity contribution in [1.82, 2.24) is 0 Å². The van der Waals surface area contributed by atoms with Gasteiger partial charge in [-0.05, 0) is 38.5 Å². The number of allylic oxidation sites excluding steroid dienone is 11. The van der Waals surface area contributed by atoms with Gasteiger partial charge in [-0.1, -0.05) is 79.8 Å². The topological polar surface area (TPSA) is 98.0 Å². The van der Waals surface area contributed by atoms with Crippen molar-refractivity contribution in [3.8, 4) is 0 Å². The van der Waals surface area contributed by atoms with Gasteiger partial charge in [0.1, 0.15) is 6.10 Å². The van der Waals surface area contributed by atoms with E-state index in [0.29, 0.717) is 6.42 Å². The van der Waals surface area contributed by atoms with Crippen molar-refractivity contribution < 1.29 is 25.2 Å². The molecule has 4 N–H and O–H groups in total. The van der Waals surface area contributed by atoms with Gasteiger partial charge in [0, 0.05) is 0 Å². The molecule has 27 heavy (non-hydrogen) atoms. The van der Waals surface area contributed by atoms with E-state index in [4.69, 9.17) is 15.3 Å². The van der Waals surface area contributed by atoms with Gasteiger partial charge in [-0.25, -0.2) is 4.79 Å². The van der Waals surface area contributed by atoms with E-state index in [1.54, 1.807) is 0 Å². The normalized spacial score (nSPS) is 14.8. The van der Waals surface area contributed by atoms with Crippen LogP contribution in [0.1, 0.15) is 45.4 Å². The predicted molar refractivity (Wildman–Crippen MR) is 109 cm³/mol. The number of carboxylic acids is 1. The number of rotatable bonds is 14. The first-order valence-corrected chi connectivity index (χ1v) is 9.25. The van der Waals surface area contributed by atoms with Crippen LogP contribution in [0.25, 0.3) is 0 Å². The lowest BCUT2D eigenvalue weighted by Crippen LogP contribution is -2.48. The van der Waals surface area contributed by atoms with Crippen LogP contribution in [0.3, 0.4) is 0 Å². The minimum atomic E-state index is -3.16. The summed E-state index contributed by atoms with van der Waals surface area (Å²) in [5.41, 5.74) is 0. The summed E-state index contributed by atoms with van der Waals surface area (Å²) in [4.78, 5) is 10.5. The lowest BCUT2D eigenvalue weighted by atomic mass is 10.1. The maximum atomic E-state index is 10.5. The van der Waals surface area contributed by atoms with E-state index in [9.17, 15) is 9.90 Å². The summed E-state index contributed by atoms with van der Waals surface area (Å²) in [7, 11) is 0. The Balaban J connectivity index is 3.83. The second-order valence-corrected chi connectivity index (χ2v) is 5.92. The van der Waals surface area contributed by atoms with Gasteiger partial charge >= 0.3 is 5.97 Å². The third kappa shape index (κ3) is 13.6. The van der Waals surface area contributed by atoms with Gasteiger partial charge in [-0.15, -0.1) is 0 Å². The second-order valence-electron chi connectivity index (χ2n) is 5.92. The number of hydrogen-bond donors (Lipinski definition) is 4. The molecule has 0 heterocycles. The average Bonchev–Trinajstić information content (AvgIpc) is 2.63. The molecule has 1 atom stereocenters. The Morgan fingerprint density at radius 2 is 1.33 bits per heavy atom. The summed E-state index contributed by atoms with van der Waals surface area (Å²) >= 11 is 0. The van der Waals surface area contributed by atoms with Crippen LogP contribution in [0.5, 0.6) is 0 Å². The molecule has 0 radical (unpaired) electrons. The first-order chi connectivity index (χ1) is 12.9. The minimum Gasteiger partial charge on any atom is -0.477 e. The Morgan fingerprint density at radius 1 is 0.815 bits per heavy atom. The molecule has 0 aliphatic heterocycles. The number of carboxylic acid groups (broad SMARTS) is 1. The summed E-state index contributed by atoms with van der Waals surface area (Å²) in [6.07, 6.45) is 26.5. The van der Waals surface area contributed by atoms with E-state index in [-0.39, 0.29) is 0 Å². The van der Waals surface area contributed by atoms with Gasteiger partial charge in [0.05, 0.1) is 0 Å². The number of aliphatic hydroxyl groups is 3. The Labute approximate surface area is 162 Å². The van der Waals surface area contributed by atoms with Crippen molar-refractivity contribution in [2.45, 2.75) is 57.3 Å². The van der Waals surface area contributed by atoms with Gasteiger partial charge in [0.15, 0.2) is 0 Å². The zero-order valence-electron chi connectivity index (χ0n) is 15.9. The molecule has 0 fully saturated rings. The standard InChI is InChI=1S/C22H32O5/c1-2-3-4-5-6-7-8-9-10-11-12-13-14-15-16-17-18-19-20(23)22(26,27)21(24)25/h3-4,7-14,18-20,23,26-27H,2,5-6,15-17H2,1H3,(H,24,25)/b4-3-,8-7+,10-9-,12-11+,14-13+,19-18-. The maximum absolute atomic E-state index is 10.5. The lowest BCUT2D eigenvalue weighted by Gasteiger charge is -2.19. The molecule has 150 valence electrons.